The van der Waals surface area contributed by atoms with Crippen LogP contribution < -0.4 is 0 Å². The van der Waals surface area contributed by atoms with Crippen molar-refractivity contribution in [3.63, 3.8) is 0 Å². The second kappa shape index (κ2) is 6.50. The van der Waals surface area contributed by atoms with E-state index in [1.54, 1.807) is 12.1 Å². The fourth-order valence-corrected chi connectivity index (χ4v) is 1.97. The molecule has 0 aromatic heterocycles. The Bertz CT molecular complexity index is 589. The summed E-state index contributed by atoms with van der Waals surface area (Å²) in [6.07, 6.45) is 0.158. The summed E-state index contributed by atoms with van der Waals surface area (Å²) in [5.74, 6) is -2.26. The van der Waals surface area contributed by atoms with Crippen LogP contribution in [0.1, 0.15) is 12.0 Å². The number of hydrogen-bond acceptors (Lipinski definition) is 5. The number of esters is 1. The Labute approximate surface area is 125 Å². The molecular weight excluding hydrogens is 295 g/mol. The van der Waals surface area contributed by atoms with Crippen molar-refractivity contribution in [2.45, 2.75) is 19.0 Å². The van der Waals surface area contributed by atoms with E-state index in [9.17, 15) is 24.1 Å². The first-order valence-corrected chi connectivity index (χ1v) is 6.67. The molecule has 1 saturated carbocycles. The van der Waals surface area contributed by atoms with Crippen LogP contribution in [-0.4, -0.2) is 41.4 Å². The zero-order valence-corrected chi connectivity index (χ0v) is 11.9. The van der Waals surface area contributed by atoms with Gasteiger partial charge in [0.1, 0.15) is 11.7 Å². The van der Waals surface area contributed by atoms with Gasteiger partial charge in [-0.1, -0.05) is 12.1 Å². The SMILES string of the molecule is CN(Cc1ccc(F)cc1)C(=O)COC(=O)C1CC1[N+](=O)[O-]. The number of rotatable bonds is 6. The van der Waals surface area contributed by atoms with Gasteiger partial charge in [-0.05, 0) is 17.7 Å². The Morgan fingerprint density at radius 3 is 2.59 bits per heavy atom. The largest absolute Gasteiger partial charge is 0.455 e. The maximum atomic E-state index is 12.8. The van der Waals surface area contributed by atoms with Gasteiger partial charge >= 0.3 is 5.97 Å². The number of nitrogens with zero attached hydrogens (tertiary/aromatic N) is 2. The number of nitro groups is 1. The van der Waals surface area contributed by atoms with Crippen LogP contribution in [0.3, 0.4) is 0 Å². The first kappa shape index (κ1) is 15.9. The molecule has 1 amide bonds. The average molecular weight is 310 g/mol. The number of ether oxygens (including phenoxy) is 1. The van der Waals surface area contributed by atoms with E-state index in [-0.39, 0.29) is 18.8 Å². The smallest absolute Gasteiger partial charge is 0.316 e. The summed E-state index contributed by atoms with van der Waals surface area (Å²) in [7, 11) is 1.52. The van der Waals surface area contributed by atoms with Gasteiger partial charge in [-0.3, -0.25) is 19.7 Å². The maximum Gasteiger partial charge on any atom is 0.316 e. The highest BCUT2D eigenvalue weighted by Gasteiger charge is 2.54. The Hall–Kier alpha value is -2.51. The third-order valence-corrected chi connectivity index (χ3v) is 3.43. The first-order chi connectivity index (χ1) is 10.4. The zero-order chi connectivity index (χ0) is 16.3. The Balaban J connectivity index is 1.76. The summed E-state index contributed by atoms with van der Waals surface area (Å²) in [5, 5.41) is 10.4. The van der Waals surface area contributed by atoms with E-state index in [4.69, 9.17) is 4.74 Å². The van der Waals surface area contributed by atoms with Crippen LogP contribution in [0.5, 0.6) is 0 Å². The molecule has 0 aliphatic heterocycles. The van der Waals surface area contributed by atoms with E-state index < -0.39 is 35.4 Å². The van der Waals surface area contributed by atoms with Gasteiger partial charge in [-0.25, -0.2) is 4.39 Å². The summed E-state index contributed by atoms with van der Waals surface area (Å²) >= 11 is 0. The lowest BCUT2D eigenvalue weighted by Crippen LogP contribution is -2.31. The van der Waals surface area contributed by atoms with Gasteiger partial charge in [-0.2, -0.15) is 0 Å². The first-order valence-electron chi connectivity index (χ1n) is 6.67. The molecule has 118 valence electrons. The van der Waals surface area contributed by atoms with Gasteiger partial charge in [0.05, 0.1) is 0 Å². The van der Waals surface area contributed by atoms with E-state index >= 15 is 0 Å². The van der Waals surface area contributed by atoms with Gasteiger partial charge in [0.25, 0.3) is 5.91 Å². The third kappa shape index (κ3) is 4.00. The summed E-state index contributed by atoms with van der Waals surface area (Å²) in [6, 6.07) is 4.80. The molecule has 1 aromatic rings. The summed E-state index contributed by atoms with van der Waals surface area (Å²) in [4.78, 5) is 34.6. The Morgan fingerprint density at radius 2 is 2.05 bits per heavy atom. The van der Waals surface area contributed by atoms with Crippen LogP contribution in [0.25, 0.3) is 0 Å². The van der Waals surface area contributed by atoms with Crippen molar-refractivity contribution in [1.82, 2.24) is 4.90 Å². The molecule has 1 fully saturated rings. The van der Waals surface area contributed by atoms with Crippen molar-refractivity contribution in [3.05, 3.63) is 45.8 Å². The molecule has 7 nitrogen and oxygen atoms in total. The molecule has 2 rings (SSSR count). The summed E-state index contributed by atoms with van der Waals surface area (Å²) in [5.41, 5.74) is 0.735. The molecule has 0 N–H and O–H groups in total. The standard InChI is InChI=1S/C14H15FN2O5/c1-16(7-9-2-4-10(15)5-3-9)13(18)8-22-14(19)11-6-12(11)17(20)21/h2-5,11-12H,6-8H2,1H3. The van der Waals surface area contributed by atoms with Crippen LogP contribution in [0.15, 0.2) is 24.3 Å². The molecule has 0 saturated heterocycles. The molecular formula is C14H15FN2O5. The molecule has 2 atom stereocenters. The molecule has 22 heavy (non-hydrogen) atoms. The predicted octanol–water partition coefficient (Wildman–Crippen LogP) is 0.993. The molecule has 0 heterocycles. The number of carbonyl (C=O) groups is 2. The quantitative estimate of drug-likeness (QED) is 0.444. The minimum absolute atomic E-state index is 0.158. The minimum atomic E-state index is -0.889. The van der Waals surface area contributed by atoms with Crippen LogP contribution >= 0.6 is 0 Å². The molecule has 0 radical (unpaired) electrons. The molecule has 1 aliphatic rings. The average Bonchev–Trinajstić information content (AvgIpc) is 3.27. The van der Waals surface area contributed by atoms with Crippen molar-refractivity contribution in [2.75, 3.05) is 13.7 Å². The van der Waals surface area contributed by atoms with Crippen molar-refractivity contribution < 1.29 is 23.6 Å². The molecule has 0 bridgehead atoms. The molecule has 8 heteroatoms. The Morgan fingerprint density at radius 1 is 1.41 bits per heavy atom. The van der Waals surface area contributed by atoms with Gasteiger partial charge in [-0.15, -0.1) is 0 Å². The Kier molecular flexibility index (Phi) is 4.69. The third-order valence-electron chi connectivity index (χ3n) is 3.43. The predicted molar refractivity (Wildman–Crippen MR) is 72.7 cm³/mol. The zero-order valence-electron chi connectivity index (χ0n) is 11.9. The minimum Gasteiger partial charge on any atom is -0.455 e. The monoisotopic (exact) mass is 310 g/mol. The topological polar surface area (TPSA) is 89.8 Å². The fraction of sp³-hybridized carbons (Fsp3) is 0.429. The van der Waals surface area contributed by atoms with E-state index in [1.807, 2.05) is 0 Å². The number of benzene rings is 1. The van der Waals surface area contributed by atoms with E-state index in [0.717, 1.165) is 5.56 Å². The second-order valence-corrected chi connectivity index (χ2v) is 5.18. The van der Waals surface area contributed by atoms with Crippen molar-refractivity contribution in [3.8, 4) is 0 Å². The number of likely N-dealkylation sites (N-methyl/N-ethyl adjacent to an activating group) is 1. The molecule has 0 spiro atoms. The maximum absolute atomic E-state index is 12.8. The van der Waals surface area contributed by atoms with Crippen LogP contribution in [0, 0.1) is 21.8 Å². The van der Waals surface area contributed by atoms with E-state index in [0.29, 0.717) is 0 Å². The summed E-state index contributed by atoms with van der Waals surface area (Å²) < 4.78 is 17.6. The number of hydrogen-bond donors (Lipinski definition) is 0. The lowest BCUT2D eigenvalue weighted by molar-refractivity contribution is -0.497. The highest BCUT2D eigenvalue weighted by atomic mass is 19.1. The highest BCUT2D eigenvalue weighted by Crippen LogP contribution is 2.34. The number of carbonyl (C=O) groups excluding carboxylic acids is 2. The molecule has 1 aromatic carbocycles. The fourth-order valence-electron chi connectivity index (χ4n) is 1.97. The van der Waals surface area contributed by atoms with E-state index in [2.05, 4.69) is 0 Å². The van der Waals surface area contributed by atoms with Gasteiger partial charge in [0, 0.05) is 24.9 Å². The highest BCUT2D eigenvalue weighted by molar-refractivity contribution is 5.82. The normalized spacial score (nSPS) is 19.4. The molecule has 2 unspecified atom stereocenters. The van der Waals surface area contributed by atoms with Crippen LogP contribution in [0.2, 0.25) is 0 Å². The van der Waals surface area contributed by atoms with Crippen LogP contribution in [-0.2, 0) is 20.9 Å². The molecule has 1 aliphatic carbocycles. The lowest BCUT2D eigenvalue weighted by atomic mass is 10.2. The van der Waals surface area contributed by atoms with Crippen LogP contribution in [0.4, 0.5) is 4.39 Å². The van der Waals surface area contributed by atoms with E-state index in [1.165, 1.54) is 24.1 Å². The van der Waals surface area contributed by atoms with Crippen molar-refractivity contribution in [2.24, 2.45) is 5.92 Å². The van der Waals surface area contributed by atoms with Crippen molar-refractivity contribution in [1.29, 1.82) is 0 Å². The lowest BCUT2D eigenvalue weighted by Gasteiger charge is -2.17. The van der Waals surface area contributed by atoms with Crippen molar-refractivity contribution >= 4 is 11.9 Å². The summed E-state index contributed by atoms with van der Waals surface area (Å²) in [6.45, 7) is -0.213. The number of amides is 1. The number of halogens is 1. The van der Waals surface area contributed by atoms with Gasteiger partial charge in [0.2, 0.25) is 6.04 Å². The second-order valence-electron chi connectivity index (χ2n) is 5.18. The van der Waals surface area contributed by atoms with Gasteiger partial charge < -0.3 is 9.64 Å². The van der Waals surface area contributed by atoms with Gasteiger partial charge in [0.15, 0.2) is 6.61 Å².